The molecule has 0 aliphatic rings. The van der Waals surface area contributed by atoms with E-state index in [1.54, 1.807) is 6.92 Å². The number of nitro groups is 1. The lowest BCUT2D eigenvalue weighted by molar-refractivity contribution is -0.386. The minimum Gasteiger partial charge on any atom is -0.481 e. The Morgan fingerprint density at radius 2 is 2.05 bits per heavy atom. The number of aryl methyl sites for hydroxylation is 1. The highest BCUT2D eigenvalue weighted by molar-refractivity contribution is 5.74. The second kappa shape index (κ2) is 5.94. The van der Waals surface area contributed by atoms with Gasteiger partial charge in [0.1, 0.15) is 0 Å². The van der Waals surface area contributed by atoms with E-state index in [4.69, 9.17) is 9.84 Å². The van der Waals surface area contributed by atoms with Crippen molar-refractivity contribution in [3.05, 3.63) is 33.4 Å². The first kappa shape index (κ1) is 14.6. The fourth-order valence-electron chi connectivity index (χ4n) is 1.71. The summed E-state index contributed by atoms with van der Waals surface area (Å²) in [5.74, 6) is -1.98. The molecular weight excluding hydrogens is 254 g/mol. The number of aliphatic carboxylic acids is 1. The highest BCUT2D eigenvalue weighted by atomic mass is 16.6. The van der Waals surface area contributed by atoms with Crippen molar-refractivity contribution >= 4 is 17.6 Å². The van der Waals surface area contributed by atoms with Gasteiger partial charge in [0.25, 0.3) is 0 Å². The number of carbonyl (C=O) groups excluding carboxylic acids is 1. The van der Waals surface area contributed by atoms with E-state index < -0.39 is 16.9 Å². The maximum absolute atomic E-state index is 11.0. The quantitative estimate of drug-likeness (QED) is 0.376. The highest BCUT2D eigenvalue weighted by Crippen LogP contribution is 2.33. The number of esters is 1. The molecule has 0 aliphatic carbocycles. The predicted molar refractivity (Wildman–Crippen MR) is 65.1 cm³/mol. The van der Waals surface area contributed by atoms with Gasteiger partial charge in [-0.1, -0.05) is 6.92 Å². The summed E-state index contributed by atoms with van der Waals surface area (Å²) in [5.41, 5.74) is 0.387. The predicted octanol–water partition coefficient (Wildman–Crippen LogP) is 1.71. The minimum atomic E-state index is -1.07. The Labute approximate surface area is 109 Å². The largest absolute Gasteiger partial charge is 0.481 e. The lowest BCUT2D eigenvalue weighted by Crippen LogP contribution is -2.08. The number of carbonyl (C=O) groups is 2. The van der Waals surface area contributed by atoms with E-state index in [9.17, 15) is 19.7 Å². The Balaban J connectivity index is 3.39. The van der Waals surface area contributed by atoms with Crippen molar-refractivity contribution in [2.24, 2.45) is 0 Å². The zero-order valence-electron chi connectivity index (χ0n) is 10.5. The van der Waals surface area contributed by atoms with Crippen molar-refractivity contribution in [1.82, 2.24) is 0 Å². The molecule has 1 aromatic rings. The van der Waals surface area contributed by atoms with Gasteiger partial charge < -0.3 is 9.84 Å². The van der Waals surface area contributed by atoms with Crippen LogP contribution in [0.25, 0.3) is 0 Å². The molecule has 19 heavy (non-hydrogen) atoms. The van der Waals surface area contributed by atoms with Crippen LogP contribution in [0.3, 0.4) is 0 Å². The van der Waals surface area contributed by atoms with Crippen molar-refractivity contribution in [2.75, 3.05) is 0 Å². The standard InChI is InChI=1S/C12H13NO6/c1-3-9-4-8(6-11(15)16)5-10(19-7(2)14)12(9)13(17)18/h4-5H,3,6H2,1-2H3,(H,15,16). The number of rotatable bonds is 5. The van der Waals surface area contributed by atoms with Gasteiger partial charge in [-0.25, -0.2) is 0 Å². The molecule has 0 bridgehead atoms. The fourth-order valence-corrected chi connectivity index (χ4v) is 1.71. The van der Waals surface area contributed by atoms with Crippen LogP contribution in [0.1, 0.15) is 25.0 Å². The number of ether oxygens (including phenoxy) is 1. The topological polar surface area (TPSA) is 107 Å². The molecular formula is C12H13NO6. The molecule has 1 rings (SSSR count). The Bertz CT molecular complexity index is 537. The van der Waals surface area contributed by atoms with E-state index in [1.165, 1.54) is 12.1 Å². The second-order valence-electron chi connectivity index (χ2n) is 3.88. The van der Waals surface area contributed by atoms with Crippen LogP contribution < -0.4 is 4.74 Å². The highest BCUT2D eigenvalue weighted by Gasteiger charge is 2.23. The summed E-state index contributed by atoms with van der Waals surface area (Å²) < 4.78 is 4.80. The normalized spacial score (nSPS) is 10.0. The number of hydrogen-bond donors (Lipinski definition) is 1. The molecule has 0 atom stereocenters. The molecule has 102 valence electrons. The van der Waals surface area contributed by atoms with Gasteiger partial charge >= 0.3 is 17.6 Å². The molecule has 0 amide bonds. The van der Waals surface area contributed by atoms with E-state index in [0.717, 1.165) is 6.92 Å². The Morgan fingerprint density at radius 3 is 2.47 bits per heavy atom. The Hall–Kier alpha value is -2.44. The summed E-state index contributed by atoms with van der Waals surface area (Å²) in [5, 5.41) is 19.8. The monoisotopic (exact) mass is 267 g/mol. The van der Waals surface area contributed by atoms with E-state index in [0.29, 0.717) is 17.5 Å². The number of nitro benzene ring substituents is 1. The van der Waals surface area contributed by atoms with Gasteiger partial charge in [-0.05, 0) is 24.1 Å². The molecule has 7 heteroatoms. The Morgan fingerprint density at radius 1 is 1.42 bits per heavy atom. The number of nitrogens with zero attached hydrogens (tertiary/aromatic N) is 1. The first-order valence-electron chi connectivity index (χ1n) is 5.55. The molecule has 0 unspecified atom stereocenters. The molecule has 0 saturated carbocycles. The average Bonchev–Trinajstić information content (AvgIpc) is 2.25. The smallest absolute Gasteiger partial charge is 0.314 e. The first-order valence-corrected chi connectivity index (χ1v) is 5.55. The summed E-state index contributed by atoms with van der Waals surface area (Å²) in [6.07, 6.45) is 0.0390. The third kappa shape index (κ3) is 3.77. The van der Waals surface area contributed by atoms with Crippen LogP contribution in [0, 0.1) is 10.1 Å². The summed E-state index contributed by atoms with van der Waals surface area (Å²) in [4.78, 5) is 32.0. The maximum atomic E-state index is 11.0. The van der Waals surface area contributed by atoms with Crippen LogP contribution in [-0.4, -0.2) is 22.0 Å². The third-order valence-corrected chi connectivity index (χ3v) is 2.39. The molecule has 0 radical (unpaired) electrons. The van der Waals surface area contributed by atoms with Crippen molar-refractivity contribution in [3.63, 3.8) is 0 Å². The second-order valence-corrected chi connectivity index (χ2v) is 3.88. The van der Waals surface area contributed by atoms with Gasteiger partial charge in [-0.3, -0.25) is 19.7 Å². The third-order valence-electron chi connectivity index (χ3n) is 2.39. The molecule has 0 aliphatic heterocycles. The van der Waals surface area contributed by atoms with Gasteiger partial charge in [-0.15, -0.1) is 0 Å². The van der Waals surface area contributed by atoms with E-state index in [-0.39, 0.29) is 17.9 Å². The van der Waals surface area contributed by atoms with E-state index >= 15 is 0 Å². The van der Waals surface area contributed by atoms with Gasteiger partial charge in [0, 0.05) is 12.5 Å². The van der Waals surface area contributed by atoms with Crippen molar-refractivity contribution in [1.29, 1.82) is 0 Å². The number of hydrogen-bond acceptors (Lipinski definition) is 5. The minimum absolute atomic E-state index is 0.215. The molecule has 0 spiro atoms. The van der Waals surface area contributed by atoms with Gasteiger partial charge in [0.2, 0.25) is 5.75 Å². The molecule has 0 heterocycles. The number of carboxylic acids is 1. The zero-order chi connectivity index (χ0) is 14.6. The van der Waals surface area contributed by atoms with Crippen LogP contribution in [0.2, 0.25) is 0 Å². The van der Waals surface area contributed by atoms with Crippen molar-refractivity contribution < 1.29 is 24.4 Å². The van der Waals surface area contributed by atoms with Crippen LogP contribution in [0.5, 0.6) is 5.75 Å². The van der Waals surface area contributed by atoms with Gasteiger partial charge in [-0.2, -0.15) is 0 Å². The van der Waals surface area contributed by atoms with Crippen LogP contribution in [-0.2, 0) is 22.4 Å². The lowest BCUT2D eigenvalue weighted by Gasteiger charge is -2.09. The van der Waals surface area contributed by atoms with Crippen LogP contribution in [0.15, 0.2) is 12.1 Å². The van der Waals surface area contributed by atoms with Gasteiger partial charge in [0.05, 0.1) is 11.3 Å². The van der Waals surface area contributed by atoms with Crippen molar-refractivity contribution in [3.8, 4) is 5.75 Å². The molecule has 0 aromatic heterocycles. The SMILES string of the molecule is CCc1cc(CC(=O)O)cc(OC(C)=O)c1[N+](=O)[O-]. The number of benzene rings is 1. The summed E-state index contributed by atoms with van der Waals surface area (Å²) in [7, 11) is 0. The zero-order valence-corrected chi connectivity index (χ0v) is 10.5. The van der Waals surface area contributed by atoms with Crippen LogP contribution in [0.4, 0.5) is 5.69 Å². The van der Waals surface area contributed by atoms with Crippen LogP contribution >= 0.6 is 0 Å². The molecule has 1 aromatic carbocycles. The fraction of sp³-hybridized carbons (Fsp3) is 0.333. The van der Waals surface area contributed by atoms with Crippen molar-refractivity contribution in [2.45, 2.75) is 26.7 Å². The average molecular weight is 267 g/mol. The molecule has 0 fully saturated rings. The summed E-state index contributed by atoms with van der Waals surface area (Å²) >= 11 is 0. The summed E-state index contributed by atoms with van der Waals surface area (Å²) in [6.45, 7) is 2.82. The van der Waals surface area contributed by atoms with E-state index in [2.05, 4.69) is 0 Å². The first-order chi connectivity index (χ1) is 8.85. The van der Waals surface area contributed by atoms with Gasteiger partial charge in [0.15, 0.2) is 0 Å². The molecule has 1 N–H and O–H groups in total. The summed E-state index contributed by atoms with van der Waals surface area (Å²) in [6, 6.07) is 2.66. The Kier molecular flexibility index (Phi) is 4.57. The molecule has 7 nitrogen and oxygen atoms in total. The van der Waals surface area contributed by atoms with E-state index in [1.807, 2.05) is 0 Å². The number of carboxylic acid groups (broad SMARTS) is 1. The maximum Gasteiger partial charge on any atom is 0.314 e. The molecule has 0 saturated heterocycles. The lowest BCUT2D eigenvalue weighted by atomic mass is 10.0.